The predicted octanol–water partition coefficient (Wildman–Crippen LogP) is 3.68. The number of alkyl halides is 2. The number of rotatable bonds is 6. The summed E-state index contributed by atoms with van der Waals surface area (Å²) in [5.41, 5.74) is 5.29. The van der Waals surface area contributed by atoms with Crippen molar-refractivity contribution in [2.75, 3.05) is 18.6 Å². The summed E-state index contributed by atoms with van der Waals surface area (Å²) in [6, 6.07) is 6.33. The molecule has 7 nitrogen and oxygen atoms in total. The van der Waals surface area contributed by atoms with Crippen LogP contribution in [0.15, 0.2) is 35.4 Å². The average Bonchev–Trinajstić information content (AvgIpc) is 3.64. The SMILES string of the molecule is COC1(c2cc3c(CCc4cccc(C(F)F)c4F)ncnc3n(C)c2=O)CC2(CS(=O)C2)C1.NC1CC1. The van der Waals surface area contributed by atoms with E-state index in [1.807, 2.05) is 0 Å². The normalized spacial score (nSPS) is 26.1. The highest BCUT2D eigenvalue weighted by molar-refractivity contribution is 7.86. The smallest absolute Gasteiger partial charge is 0.266 e. The number of fused-ring (bicyclic) bond motifs is 1. The molecule has 3 aromatic rings. The van der Waals surface area contributed by atoms with Crippen LogP contribution in [0.2, 0.25) is 0 Å². The van der Waals surface area contributed by atoms with Gasteiger partial charge >= 0.3 is 0 Å². The minimum absolute atomic E-state index is 0.0376. The Morgan fingerprint density at radius 1 is 1.21 bits per heavy atom. The fraction of sp³-hybridized carbons (Fsp3) is 0.519. The van der Waals surface area contributed by atoms with Crippen LogP contribution in [-0.4, -0.2) is 43.4 Å². The van der Waals surface area contributed by atoms with Crippen LogP contribution in [0.1, 0.15) is 54.5 Å². The molecule has 11 heteroatoms. The predicted molar refractivity (Wildman–Crippen MR) is 139 cm³/mol. The molecule has 2 aromatic heterocycles. The van der Waals surface area contributed by atoms with E-state index in [1.165, 1.54) is 35.9 Å². The number of ether oxygens (including phenoxy) is 1. The summed E-state index contributed by atoms with van der Waals surface area (Å²) in [7, 11) is 2.41. The van der Waals surface area contributed by atoms with Crippen molar-refractivity contribution >= 4 is 21.8 Å². The summed E-state index contributed by atoms with van der Waals surface area (Å²) < 4.78 is 59.7. The van der Waals surface area contributed by atoms with Gasteiger partial charge in [0.05, 0.1) is 22.4 Å². The molecule has 6 rings (SSSR count). The number of nitrogens with zero attached hydrogens (tertiary/aromatic N) is 3. The van der Waals surface area contributed by atoms with Crippen molar-refractivity contribution in [3.05, 3.63) is 69.1 Å². The number of halogens is 3. The van der Waals surface area contributed by atoms with E-state index < -0.39 is 34.2 Å². The maximum absolute atomic E-state index is 14.5. The van der Waals surface area contributed by atoms with Crippen LogP contribution in [0.5, 0.6) is 0 Å². The molecule has 0 atom stereocenters. The summed E-state index contributed by atoms with van der Waals surface area (Å²) in [5, 5.41) is 0.639. The molecule has 1 aliphatic heterocycles. The number of methoxy groups -OCH3 is 1. The van der Waals surface area contributed by atoms with Crippen molar-refractivity contribution in [2.24, 2.45) is 18.2 Å². The van der Waals surface area contributed by atoms with E-state index in [2.05, 4.69) is 9.97 Å². The van der Waals surface area contributed by atoms with Crippen LogP contribution in [0, 0.1) is 11.2 Å². The van der Waals surface area contributed by atoms with Crippen LogP contribution in [0.3, 0.4) is 0 Å². The van der Waals surface area contributed by atoms with Gasteiger partial charge in [-0.25, -0.2) is 23.1 Å². The molecular weight excluding hydrogens is 517 g/mol. The molecule has 38 heavy (non-hydrogen) atoms. The van der Waals surface area contributed by atoms with Crippen molar-refractivity contribution < 1.29 is 22.1 Å². The minimum Gasteiger partial charge on any atom is -0.373 e. The van der Waals surface area contributed by atoms with Gasteiger partial charge in [-0.1, -0.05) is 18.2 Å². The molecule has 0 bridgehead atoms. The van der Waals surface area contributed by atoms with Crippen molar-refractivity contribution in [1.29, 1.82) is 0 Å². The van der Waals surface area contributed by atoms with Crippen LogP contribution in [0.25, 0.3) is 11.0 Å². The van der Waals surface area contributed by atoms with Crippen molar-refractivity contribution in [1.82, 2.24) is 14.5 Å². The Balaban J connectivity index is 0.000000673. The Morgan fingerprint density at radius 2 is 1.89 bits per heavy atom. The Morgan fingerprint density at radius 3 is 2.47 bits per heavy atom. The van der Waals surface area contributed by atoms with Gasteiger partial charge in [-0.05, 0) is 55.6 Å². The molecule has 0 unspecified atom stereocenters. The van der Waals surface area contributed by atoms with Crippen LogP contribution in [0.4, 0.5) is 13.2 Å². The lowest BCUT2D eigenvalue weighted by Gasteiger charge is -2.59. The lowest BCUT2D eigenvalue weighted by molar-refractivity contribution is -0.147. The van der Waals surface area contributed by atoms with Gasteiger partial charge in [-0.15, -0.1) is 0 Å². The Bertz CT molecular complexity index is 1440. The molecule has 204 valence electrons. The molecule has 1 aromatic carbocycles. The lowest BCUT2D eigenvalue weighted by atomic mass is 9.58. The second-order valence-corrected chi connectivity index (χ2v) is 12.2. The maximum atomic E-state index is 14.5. The van der Waals surface area contributed by atoms with Crippen molar-refractivity contribution in [3.63, 3.8) is 0 Å². The highest BCUT2D eigenvalue weighted by Gasteiger charge is 2.62. The molecule has 3 aliphatic rings. The van der Waals surface area contributed by atoms with Crippen molar-refractivity contribution in [3.8, 4) is 0 Å². The monoisotopic (exact) mass is 548 g/mol. The fourth-order valence-electron chi connectivity index (χ4n) is 5.60. The summed E-state index contributed by atoms with van der Waals surface area (Å²) in [6.45, 7) is 0. The van der Waals surface area contributed by atoms with Gasteiger partial charge in [0.2, 0.25) is 0 Å². The highest BCUT2D eigenvalue weighted by atomic mass is 32.2. The number of nitrogens with two attached hydrogens (primary N) is 1. The van der Waals surface area contributed by atoms with Gasteiger partial charge in [-0.3, -0.25) is 13.6 Å². The van der Waals surface area contributed by atoms with Gasteiger partial charge in [0.1, 0.15) is 17.8 Å². The zero-order valence-corrected chi connectivity index (χ0v) is 22.2. The molecule has 0 amide bonds. The number of aromatic nitrogens is 3. The van der Waals surface area contributed by atoms with Crippen LogP contribution in [-0.2, 0) is 41.0 Å². The standard InChI is InChI=1S/C24H24F3N3O3S.C3H7N/c1-30-21-16(8-17(22(30)31)24(33-2)9-23(10-24)11-34(32)12-23)18(28-13-29-21)7-6-14-4-3-5-15(19(14)25)20(26)27;4-3-1-2-3/h3-5,8,13,20H,6-7,9-12H2,1-2H3;3H,1-2,4H2. The third-order valence-electron chi connectivity index (χ3n) is 7.82. The summed E-state index contributed by atoms with van der Waals surface area (Å²) in [6.07, 6.45) is 2.68. The Labute approximate surface area is 221 Å². The van der Waals surface area contributed by atoms with Gasteiger partial charge in [0.25, 0.3) is 12.0 Å². The molecule has 0 radical (unpaired) electrons. The molecule has 3 fully saturated rings. The van der Waals surface area contributed by atoms with Crippen molar-refractivity contribution in [2.45, 2.75) is 56.6 Å². The van der Waals surface area contributed by atoms with Crippen LogP contribution >= 0.6 is 0 Å². The van der Waals surface area contributed by atoms with Crippen LogP contribution < -0.4 is 11.3 Å². The first-order valence-corrected chi connectivity index (χ1v) is 14.1. The molecule has 1 saturated heterocycles. The van der Waals surface area contributed by atoms with E-state index in [4.69, 9.17) is 10.5 Å². The fourth-order valence-corrected chi connectivity index (χ4v) is 7.29. The zero-order valence-electron chi connectivity index (χ0n) is 21.4. The third-order valence-corrected chi connectivity index (χ3v) is 9.69. The third kappa shape index (κ3) is 4.91. The summed E-state index contributed by atoms with van der Waals surface area (Å²) >= 11 is 0. The highest BCUT2D eigenvalue weighted by Crippen LogP contribution is 2.60. The molecule has 2 N–H and O–H groups in total. The van der Waals surface area contributed by atoms with E-state index in [9.17, 15) is 22.2 Å². The van der Waals surface area contributed by atoms with Gasteiger partial charge < -0.3 is 10.5 Å². The van der Waals surface area contributed by atoms with Gasteiger partial charge in [-0.2, -0.15) is 0 Å². The Hall–Kier alpha value is -2.63. The maximum Gasteiger partial charge on any atom is 0.266 e. The quantitative estimate of drug-likeness (QED) is 0.505. The second kappa shape index (κ2) is 10.2. The lowest BCUT2D eigenvalue weighted by Crippen LogP contribution is -2.62. The summed E-state index contributed by atoms with van der Waals surface area (Å²) in [5.74, 6) is 0.354. The number of aryl methyl sites for hydroxylation is 3. The van der Waals surface area contributed by atoms with E-state index in [0.717, 1.165) is 6.07 Å². The number of benzene rings is 1. The van der Waals surface area contributed by atoms with Gasteiger partial charge in [0.15, 0.2) is 0 Å². The van der Waals surface area contributed by atoms with E-state index in [1.54, 1.807) is 20.2 Å². The molecule has 2 saturated carbocycles. The molecule has 2 aliphatic carbocycles. The van der Waals surface area contributed by atoms with Gasteiger partial charge in [0, 0.05) is 47.9 Å². The molecular formula is C27H31F3N4O3S. The summed E-state index contributed by atoms with van der Waals surface area (Å²) in [4.78, 5) is 21.9. The number of hydrogen-bond donors (Lipinski definition) is 1. The zero-order chi connectivity index (χ0) is 27.2. The van der Waals surface area contributed by atoms with E-state index in [-0.39, 0.29) is 29.4 Å². The topological polar surface area (TPSA) is 100 Å². The molecule has 1 spiro atoms. The first-order chi connectivity index (χ1) is 18.1. The largest absolute Gasteiger partial charge is 0.373 e. The molecule has 3 heterocycles. The Kier molecular flexibility index (Phi) is 7.21. The first-order valence-electron chi connectivity index (χ1n) is 12.6. The number of pyridine rings is 1. The second-order valence-electron chi connectivity index (χ2n) is 10.7. The first kappa shape index (κ1) is 27.0. The minimum atomic E-state index is -2.89. The van der Waals surface area contributed by atoms with E-state index in [0.29, 0.717) is 52.7 Å². The average molecular weight is 549 g/mol. The number of hydrogen-bond acceptors (Lipinski definition) is 6. The van der Waals surface area contributed by atoms with E-state index >= 15 is 0 Å².